The minimum absolute atomic E-state index is 0.173. The maximum absolute atomic E-state index is 12.2. The lowest BCUT2D eigenvalue weighted by Gasteiger charge is -1.99. The first-order valence-electron chi connectivity index (χ1n) is 6.07. The first kappa shape index (κ1) is 12.9. The average Bonchev–Trinajstić information content (AvgIpc) is 3.07. The van der Waals surface area contributed by atoms with Gasteiger partial charge in [0, 0.05) is 27.9 Å². The predicted octanol–water partition coefficient (Wildman–Crippen LogP) is 4.20. The molecule has 3 heterocycles. The Morgan fingerprint density at radius 3 is 3.05 bits per heavy atom. The molecule has 1 aliphatic heterocycles. The van der Waals surface area contributed by atoms with Gasteiger partial charge in [0.25, 0.3) is 5.91 Å². The molecule has 0 spiro atoms. The van der Waals surface area contributed by atoms with Gasteiger partial charge in [0.1, 0.15) is 0 Å². The minimum atomic E-state index is -0.173. The van der Waals surface area contributed by atoms with Crippen LogP contribution in [0.1, 0.15) is 11.3 Å². The number of thiazole rings is 1. The van der Waals surface area contributed by atoms with E-state index in [9.17, 15) is 4.79 Å². The van der Waals surface area contributed by atoms with Crippen molar-refractivity contribution in [1.29, 1.82) is 0 Å². The van der Waals surface area contributed by atoms with Crippen LogP contribution in [0.15, 0.2) is 29.8 Å². The van der Waals surface area contributed by atoms with Crippen molar-refractivity contribution in [1.82, 2.24) is 9.38 Å². The predicted molar refractivity (Wildman–Crippen MR) is 86.0 cm³/mol. The van der Waals surface area contributed by atoms with E-state index in [2.05, 4.69) is 10.3 Å². The lowest BCUT2D eigenvalue weighted by atomic mass is 10.1. The van der Waals surface area contributed by atoms with E-state index in [1.807, 2.05) is 16.0 Å². The van der Waals surface area contributed by atoms with E-state index in [1.54, 1.807) is 24.3 Å². The molecule has 4 rings (SSSR count). The monoisotopic (exact) mass is 335 g/mol. The van der Waals surface area contributed by atoms with Crippen molar-refractivity contribution >= 4 is 62.7 Å². The maximum atomic E-state index is 12.2. The number of benzene rings is 1. The number of hydrogen-bond acceptors (Lipinski definition) is 3. The highest BCUT2D eigenvalue weighted by Gasteiger charge is 2.25. The van der Waals surface area contributed by atoms with Crippen molar-refractivity contribution in [2.24, 2.45) is 0 Å². The van der Waals surface area contributed by atoms with E-state index in [0.717, 1.165) is 16.2 Å². The molecule has 0 unspecified atom stereocenters. The summed E-state index contributed by atoms with van der Waals surface area (Å²) in [6, 6.07) is 5.29. The molecule has 0 aliphatic carbocycles. The number of carbonyl (C=O) groups is 1. The maximum Gasteiger partial charge on any atom is 0.256 e. The van der Waals surface area contributed by atoms with Crippen LogP contribution in [-0.2, 0) is 4.79 Å². The fraction of sp³-hybridized carbons (Fsp3) is 0. The standard InChI is InChI=1S/C14H7Cl2N3OS/c15-7-1-2-10-8(5-7)9(13(20)17-10)6-11-12(16)18-14-19(11)3-4-21-14/h1-6H,(H,17,20)/b9-6+. The number of aromatic nitrogens is 2. The van der Waals surface area contributed by atoms with Crippen LogP contribution in [0.3, 0.4) is 0 Å². The second-order valence-corrected chi connectivity index (χ2v) is 6.21. The Labute approximate surface area is 133 Å². The van der Waals surface area contributed by atoms with Crippen molar-refractivity contribution in [3.8, 4) is 0 Å². The largest absolute Gasteiger partial charge is 0.321 e. The highest BCUT2D eigenvalue weighted by atomic mass is 35.5. The van der Waals surface area contributed by atoms with Crippen LogP contribution in [0.2, 0.25) is 10.2 Å². The van der Waals surface area contributed by atoms with Crippen LogP contribution in [0.25, 0.3) is 16.6 Å². The molecule has 0 bridgehead atoms. The fourth-order valence-electron chi connectivity index (χ4n) is 2.35. The van der Waals surface area contributed by atoms with Crippen molar-refractivity contribution in [2.45, 2.75) is 0 Å². The van der Waals surface area contributed by atoms with Gasteiger partial charge >= 0.3 is 0 Å². The molecule has 104 valence electrons. The van der Waals surface area contributed by atoms with Crippen molar-refractivity contribution in [2.75, 3.05) is 5.32 Å². The Morgan fingerprint density at radius 2 is 2.19 bits per heavy atom. The number of imidazole rings is 1. The molecule has 0 saturated carbocycles. The van der Waals surface area contributed by atoms with Crippen molar-refractivity contribution in [3.63, 3.8) is 0 Å². The normalized spacial score (nSPS) is 15.7. The molecule has 1 N–H and O–H groups in total. The number of amides is 1. The van der Waals surface area contributed by atoms with Crippen LogP contribution in [0.4, 0.5) is 5.69 Å². The van der Waals surface area contributed by atoms with E-state index in [0.29, 0.717) is 21.4 Å². The summed E-state index contributed by atoms with van der Waals surface area (Å²) in [4.78, 5) is 17.2. The van der Waals surface area contributed by atoms with Crippen LogP contribution in [0.5, 0.6) is 0 Å². The number of carbonyl (C=O) groups excluding carboxylic acids is 1. The Hall–Kier alpha value is -1.82. The molecule has 21 heavy (non-hydrogen) atoms. The molecular weight excluding hydrogens is 329 g/mol. The number of halogens is 2. The fourth-order valence-corrected chi connectivity index (χ4v) is 3.52. The van der Waals surface area contributed by atoms with E-state index in [1.165, 1.54) is 11.3 Å². The van der Waals surface area contributed by atoms with Gasteiger partial charge in [-0.05, 0) is 24.3 Å². The summed E-state index contributed by atoms with van der Waals surface area (Å²) in [5.41, 5.74) is 2.74. The summed E-state index contributed by atoms with van der Waals surface area (Å²) >= 11 is 13.7. The van der Waals surface area contributed by atoms with E-state index >= 15 is 0 Å². The number of hydrogen-bond donors (Lipinski definition) is 1. The van der Waals surface area contributed by atoms with Crippen LogP contribution >= 0.6 is 34.5 Å². The summed E-state index contributed by atoms with van der Waals surface area (Å²) in [5, 5.41) is 5.68. The summed E-state index contributed by atoms with van der Waals surface area (Å²) in [5.74, 6) is -0.173. The number of nitrogens with zero attached hydrogens (tertiary/aromatic N) is 2. The van der Waals surface area contributed by atoms with Gasteiger partial charge in [-0.1, -0.05) is 23.2 Å². The lowest BCUT2D eigenvalue weighted by Crippen LogP contribution is -2.03. The van der Waals surface area contributed by atoms with Gasteiger partial charge in [-0.15, -0.1) is 11.3 Å². The summed E-state index contributed by atoms with van der Waals surface area (Å²) in [6.45, 7) is 0. The zero-order chi connectivity index (χ0) is 14.6. The number of fused-ring (bicyclic) bond motifs is 2. The van der Waals surface area contributed by atoms with Gasteiger partial charge in [-0.3, -0.25) is 9.20 Å². The van der Waals surface area contributed by atoms with Gasteiger partial charge in [0.15, 0.2) is 10.1 Å². The molecular formula is C14H7Cl2N3OS. The van der Waals surface area contributed by atoms with Crippen LogP contribution in [-0.4, -0.2) is 15.3 Å². The number of nitrogens with one attached hydrogen (secondary N) is 1. The van der Waals surface area contributed by atoms with Crippen LogP contribution < -0.4 is 5.32 Å². The molecule has 4 nitrogen and oxygen atoms in total. The first-order chi connectivity index (χ1) is 10.1. The third-order valence-corrected chi connectivity index (χ3v) is 4.57. The van der Waals surface area contributed by atoms with Gasteiger partial charge in [0.05, 0.1) is 11.3 Å². The summed E-state index contributed by atoms with van der Waals surface area (Å²) < 4.78 is 1.86. The van der Waals surface area contributed by atoms with Gasteiger partial charge in [0.2, 0.25) is 0 Å². The molecule has 1 amide bonds. The molecule has 0 radical (unpaired) electrons. The average molecular weight is 336 g/mol. The molecule has 1 aliphatic rings. The Balaban J connectivity index is 1.94. The second-order valence-electron chi connectivity index (χ2n) is 4.55. The minimum Gasteiger partial charge on any atom is -0.321 e. The number of rotatable bonds is 1. The highest BCUT2D eigenvalue weighted by molar-refractivity contribution is 7.15. The van der Waals surface area contributed by atoms with Gasteiger partial charge in [-0.25, -0.2) is 4.98 Å². The van der Waals surface area contributed by atoms with Gasteiger partial charge in [-0.2, -0.15) is 0 Å². The molecule has 3 aromatic rings. The van der Waals surface area contributed by atoms with Crippen molar-refractivity contribution < 1.29 is 4.79 Å². The summed E-state index contributed by atoms with van der Waals surface area (Å²) in [7, 11) is 0. The summed E-state index contributed by atoms with van der Waals surface area (Å²) in [6.07, 6.45) is 3.61. The molecule has 7 heteroatoms. The quantitative estimate of drug-likeness (QED) is 0.677. The third kappa shape index (κ3) is 1.97. The SMILES string of the molecule is O=C1Nc2ccc(Cl)cc2/C1=C\c1c(Cl)nc2sccn12. The Bertz CT molecular complexity index is 926. The first-order valence-corrected chi connectivity index (χ1v) is 7.71. The van der Waals surface area contributed by atoms with E-state index < -0.39 is 0 Å². The Morgan fingerprint density at radius 1 is 1.33 bits per heavy atom. The van der Waals surface area contributed by atoms with Crippen molar-refractivity contribution in [3.05, 3.63) is 51.2 Å². The smallest absolute Gasteiger partial charge is 0.256 e. The topological polar surface area (TPSA) is 46.4 Å². The molecule has 0 saturated heterocycles. The molecule has 0 atom stereocenters. The van der Waals surface area contributed by atoms with Gasteiger partial charge < -0.3 is 5.32 Å². The van der Waals surface area contributed by atoms with E-state index in [4.69, 9.17) is 23.2 Å². The molecule has 0 fully saturated rings. The zero-order valence-corrected chi connectivity index (χ0v) is 12.8. The number of anilines is 1. The molecule has 1 aromatic carbocycles. The van der Waals surface area contributed by atoms with Crippen LogP contribution in [0, 0.1) is 0 Å². The second kappa shape index (κ2) is 4.59. The highest BCUT2D eigenvalue weighted by Crippen LogP contribution is 2.36. The third-order valence-electron chi connectivity index (χ3n) is 3.30. The zero-order valence-electron chi connectivity index (χ0n) is 10.4. The Kier molecular flexibility index (Phi) is 2.82. The van der Waals surface area contributed by atoms with E-state index in [-0.39, 0.29) is 5.91 Å². The molecule has 2 aromatic heterocycles. The lowest BCUT2D eigenvalue weighted by molar-refractivity contribution is -0.110.